The molecule has 2 N–H and O–H groups in total. The van der Waals surface area contributed by atoms with Crippen LogP contribution in [0.4, 0.5) is 10.5 Å². The molecule has 1 saturated heterocycles. The molecule has 1 fully saturated rings. The van der Waals surface area contributed by atoms with Crippen molar-refractivity contribution in [1.29, 1.82) is 0 Å². The van der Waals surface area contributed by atoms with E-state index >= 15 is 0 Å². The van der Waals surface area contributed by atoms with Gasteiger partial charge in [-0.3, -0.25) is 4.79 Å². The summed E-state index contributed by atoms with van der Waals surface area (Å²) >= 11 is 0. The first kappa shape index (κ1) is 14.6. The van der Waals surface area contributed by atoms with Crippen molar-refractivity contribution in [3.05, 3.63) is 24.3 Å². The number of urea groups is 1. The molecule has 7 nitrogen and oxygen atoms in total. The minimum Gasteiger partial charge on any atom is -0.478 e. The highest BCUT2D eigenvalue weighted by molar-refractivity contribution is 5.97. The maximum absolute atomic E-state index is 12.0. The molecule has 0 radical (unpaired) electrons. The van der Waals surface area contributed by atoms with Gasteiger partial charge in [0.25, 0.3) is 5.91 Å². The van der Waals surface area contributed by atoms with Crippen LogP contribution in [0.2, 0.25) is 0 Å². The third kappa shape index (κ3) is 3.30. The van der Waals surface area contributed by atoms with E-state index in [9.17, 15) is 9.59 Å². The highest BCUT2D eigenvalue weighted by atomic mass is 16.5. The first-order valence-electron chi connectivity index (χ1n) is 7.41. The van der Waals surface area contributed by atoms with Crippen molar-refractivity contribution in [2.24, 2.45) is 0 Å². The molecule has 7 heteroatoms. The number of nitrogens with one attached hydrogen (secondary N) is 2. The van der Waals surface area contributed by atoms with Crippen LogP contribution in [0.25, 0.3) is 0 Å². The van der Waals surface area contributed by atoms with Gasteiger partial charge in [0, 0.05) is 26.1 Å². The maximum atomic E-state index is 12.0. The van der Waals surface area contributed by atoms with Crippen molar-refractivity contribution < 1.29 is 19.1 Å². The lowest BCUT2D eigenvalue weighted by Crippen LogP contribution is -2.47. The van der Waals surface area contributed by atoms with Gasteiger partial charge in [-0.2, -0.15) is 0 Å². The standard InChI is InChI=1S/C15H19N3O4/c19-14-13(22-12-4-2-1-3-11(12)17-14)5-6-16-15(20)18-7-9-21-10-8-18/h1-4,13H,5-10H2,(H,16,20)(H,17,19). The number of ether oxygens (including phenoxy) is 2. The third-order valence-corrected chi connectivity index (χ3v) is 3.69. The first-order chi connectivity index (χ1) is 10.7. The van der Waals surface area contributed by atoms with Crippen LogP contribution in [-0.2, 0) is 9.53 Å². The molecule has 0 aliphatic carbocycles. The van der Waals surface area contributed by atoms with E-state index < -0.39 is 6.10 Å². The number of hydrogen-bond donors (Lipinski definition) is 2. The van der Waals surface area contributed by atoms with Gasteiger partial charge < -0.3 is 25.0 Å². The molecule has 1 aromatic rings. The molecule has 2 aliphatic heterocycles. The van der Waals surface area contributed by atoms with Crippen LogP contribution >= 0.6 is 0 Å². The van der Waals surface area contributed by atoms with Crippen molar-refractivity contribution in [2.75, 3.05) is 38.2 Å². The van der Waals surface area contributed by atoms with Crippen LogP contribution in [0.1, 0.15) is 6.42 Å². The lowest BCUT2D eigenvalue weighted by molar-refractivity contribution is -0.123. The number of para-hydroxylation sites is 2. The summed E-state index contributed by atoms with van der Waals surface area (Å²) in [5, 5.41) is 5.62. The van der Waals surface area contributed by atoms with Crippen LogP contribution in [0.15, 0.2) is 24.3 Å². The smallest absolute Gasteiger partial charge is 0.317 e. The molecule has 22 heavy (non-hydrogen) atoms. The van der Waals surface area contributed by atoms with Gasteiger partial charge in [0.2, 0.25) is 0 Å². The quantitative estimate of drug-likeness (QED) is 0.866. The summed E-state index contributed by atoms with van der Waals surface area (Å²) < 4.78 is 10.9. The summed E-state index contributed by atoms with van der Waals surface area (Å²) in [5.41, 5.74) is 0.682. The van der Waals surface area contributed by atoms with Crippen LogP contribution < -0.4 is 15.4 Å². The van der Waals surface area contributed by atoms with Crippen LogP contribution in [0.5, 0.6) is 5.75 Å². The van der Waals surface area contributed by atoms with Gasteiger partial charge in [-0.15, -0.1) is 0 Å². The molecule has 1 aromatic carbocycles. The highest BCUT2D eigenvalue weighted by Gasteiger charge is 2.27. The Morgan fingerprint density at radius 3 is 2.91 bits per heavy atom. The molecular formula is C15H19N3O4. The molecule has 2 heterocycles. The second-order valence-electron chi connectivity index (χ2n) is 5.21. The molecule has 0 saturated carbocycles. The zero-order chi connectivity index (χ0) is 15.4. The van der Waals surface area contributed by atoms with E-state index in [1.54, 1.807) is 11.0 Å². The summed E-state index contributed by atoms with van der Waals surface area (Å²) in [6.45, 7) is 2.71. The molecule has 3 amide bonds. The second kappa shape index (κ2) is 6.65. The van der Waals surface area contributed by atoms with Crippen molar-refractivity contribution in [3.8, 4) is 5.75 Å². The van der Waals surface area contributed by atoms with Gasteiger partial charge in [0.15, 0.2) is 6.10 Å². The van der Waals surface area contributed by atoms with E-state index in [-0.39, 0.29) is 11.9 Å². The molecule has 3 rings (SSSR count). The number of morpholine rings is 1. The summed E-state index contributed by atoms with van der Waals surface area (Å²) in [5.74, 6) is 0.478. The Hall–Kier alpha value is -2.28. The van der Waals surface area contributed by atoms with E-state index in [0.717, 1.165) is 0 Å². The second-order valence-corrected chi connectivity index (χ2v) is 5.21. The highest BCUT2D eigenvalue weighted by Crippen LogP contribution is 2.29. The molecule has 0 bridgehead atoms. The Bertz CT molecular complexity index is 557. The first-order valence-corrected chi connectivity index (χ1v) is 7.41. The number of fused-ring (bicyclic) bond motifs is 1. The Balaban J connectivity index is 1.47. The zero-order valence-electron chi connectivity index (χ0n) is 12.2. The van der Waals surface area contributed by atoms with Gasteiger partial charge in [0.05, 0.1) is 18.9 Å². The Morgan fingerprint density at radius 1 is 1.32 bits per heavy atom. The van der Waals surface area contributed by atoms with E-state index in [1.807, 2.05) is 18.2 Å². The van der Waals surface area contributed by atoms with Crippen LogP contribution in [0.3, 0.4) is 0 Å². The van der Waals surface area contributed by atoms with Crippen LogP contribution in [-0.4, -0.2) is 55.8 Å². The zero-order valence-corrected chi connectivity index (χ0v) is 12.2. The summed E-state index contributed by atoms with van der Waals surface area (Å²) in [6.07, 6.45) is -0.157. The van der Waals surface area contributed by atoms with Crippen molar-refractivity contribution in [1.82, 2.24) is 10.2 Å². The lowest BCUT2D eigenvalue weighted by atomic mass is 10.1. The van der Waals surface area contributed by atoms with E-state index in [1.165, 1.54) is 0 Å². The number of nitrogens with zero attached hydrogens (tertiary/aromatic N) is 1. The SMILES string of the molecule is O=C1Nc2ccccc2OC1CCNC(=O)N1CCOCC1. The fourth-order valence-electron chi connectivity index (χ4n) is 2.47. The number of anilines is 1. The predicted molar refractivity (Wildman–Crippen MR) is 79.9 cm³/mol. The van der Waals surface area contributed by atoms with E-state index in [4.69, 9.17) is 9.47 Å². The number of carbonyl (C=O) groups excluding carboxylic acids is 2. The monoisotopic (exact) mass is 305 g/mol. The molecule has 2 aliphatic rings. The number of hydrogen-bond acceptors (Lipinski definition) is 4. The van der Waals surface area contributed by atoms with Crippen LogP contribution in [0, 0.1) is 0 Å². The van der Waals surface area contributed by atoms with Crippen molar-refractivity contribution in [3.63, 3.8) is 0 Å². The topological polar surface area (TPSA) is 79.9 Å². The molecule has 118 valence electrons. The Labute approximate surface area is 128 Å². The molecular weight excluding hydrogens is 286 g/mol. The molecule has 0 spiro atoms. The Kier molecular flexibility index (Phi) is 4.43. The van der Waals surface area contributed by atoms with Crippen molar-refractivity contribution >= 4 is 17.6 Å². The van der Waals surface area contributed by atoms with Gasteiger partial charge >= 0.3 is 6.03 Å². The minimum atomic E-state index is -0.583. The third-order valence-electron chi connectivity index (χ3n) is 3.69. The van der Waals surface area contributed by atoms with Gasteiger partial charge in [-0.25, -0.2) is 4.79 Å². The fraction of sp³-hybridized carbons (Fsp3) is 0.467. The van der Waals surface area contributed by atoms with Gasteiger partial charge in [-0.1, -0.05) is 12.1 Å². The normalized spacial score (nSPS) is 20.6. The average Bonchev–Trinajstić information content (AvgIpc) is 2.56. The molecule has 1 unspecified atom stereocenters. The van der Waals surface area contributed by atoms with E-state index in [2.05, 4.69) is 10.6 Å². The summed E-state index contributed by atoms with van der Waals surface area (Å²) in [7, 11) is 0. The number of benzene rings is 1. The predicted octanol–water partition coefficient (Wildman–Crippen LogP) is 0.818. The number of rotatable bonds is 3. The average molecular weight is 305 g/mol. The fourth-order valence-corrected chi connectivity index (χ4v) is 2.47. The molecule has 0 aromatic heterocycles. The van der Waals surface area contributed by atoms with E-state index in [0.29, 0.717) is 50.7 Å². The number of carbonyl (C=O) groups is 2. The summed E-state index contributed by atoms with van der Waals surface area (Å²) in [4.78, 5) is 25.6. The summed E-state index contributed by atoms with van der Waals surface area (Å²) in [6, 6.07) is 7.18. The minimum absolute atomic E-state index is 0.125. The number of amides is 3. The lowest BCUT2D eigenvalue weighted by Gasteiger charge is -2.28. The van der Waals surface area contributed by atoms with Gasteiger partial charge in [0.1, 0.15) is 5.75 Å². The maximum Gasteiger partial charge on any atom is 0.317 e. The van der Waals surface area contributed by atoms with Crippen molar-refractivity contribution in [2.45, 2.75) is 12.5 Å². The van der Waals surface area contributed by atoms with Gasteiger partial charge in [-0.05, 0) is 12.1 Å². The Morgan fingerprint density at radius 2 is 2.09 bits per heavy atom. The largest absolute Gasteiger partial charge is 0.478 e. The molecule has 1 atom stereocenters.